The third kappa shape index (κ3) is 4.08. The topological polar surface area (TPSA) is 58.6 Å². The minimum atomic E-state index is 0.176. The van der Waals surface area contributed by atoms with Crippen LogP contribution in [-0.2, 0) is 11.2 Å². The summed E-state index contributed by atoms with van der Waals surface area (Å²) in [6.07, 6.45) is 11.1. The normalized spacial score (nSPS) is 24.9. The molecule has 3 aliphatic rings. The number of benzene rings is 1. The summed E-state index contributed by atoms with van der Waals surface area (Å²) in [4.78, 5) is 26.7. The highest BCUT2D eigenvalue weighted by molar-refractivity contribution is 5.95. The van der Waals surface area contributed by atoms with Gasteiger partial charge in [-0.2, -0.15) is 0 Å². The first-order valence-electron chi connectivity index (χ1n) is 12.2. The third-order valence-electron chi connectivity index (χ3n) is 7.62. The molecule has 1 aromatic carbocycles. The third-order valence-corrected chi connectivity index (χ3v) is 7.62. The van der Waals surface area contributed by atoms with E-state index in [0.29, 0.717) is 31.2 Å². The Kier molecular flexibility index (Phi) is 5.46. The number of amides is 1. The molecular weight excluding hydrogens is 412 g/mol. The number of carbonyl (C=O) groups excluding carboxylic acids is 1. The smallest absolute Gasteiger partial charge is 0.254 e. The molecule has 2 atom stereocenters. The summed E-state index contributed by atoms with van der Waals surface area (Å²) in [5.74, 6) is 1.69. The fraction of sp³-hybridized carbons (Fsp3) is 0.444. The van der Waals surface area contributed by atoms with Crippen LogP contribution in [0.2, 0.25) is 0 Å². The summed E-state index contributed by atoms with van der Waals surface area (Å²) in [5.41, 5.74) is 2.15. The van der Waals surface area contributed by atoms with Gasteiger partial charge in [-0.1, -0.05) is 12.1 Å². The standard InChI is InChI=1S/C27H30N4O2/c32-27(22-6-8-29-26(17-22)30-9-11-33-12-10-30)31-24-3-4-25(31)16-20(15-24)13-19-1-2-21-5-7-28-18-23(21)14-19/h1-2,5-8,14,17-18,20,24-25H,3-4,9-13,15-16H2/t24-,25-/m0/s1. The van der Waals surface area contributed by atoms with Crippen molar-refractivity contribution in [2.45, 2.75) is 44.2 Å². The van der Waals surface area contributed by atoms with Crippen LogP contribution in [0.15, 0.2) is 55.0 Å². The fourth-order valence-electron chi connectivity index (χ4n) is 6.05. The number of pyridine rings is 2. The van der Waals surface area contributed by atoms with Gasteiger partial charge in [0.1, 0.15) is 5.82 Å². The van der Waals surface area contributed by atoms with Crippen LogP contribution in [0.1, 0.15) is 41.6 Å². The molecule has 2 aromatic heterocycles. The lowest BCUT2D eigenvalue weighted by molar-refractivity contribution is 0.0524. The zero-order valence-corrected chi connectivity index (χ0v) is 18.9. The molecule has 3 saturated heterocycles. The molecule has 6 rings (SSSR count). The SMILES string of the molecule is O=C(c1ccnc(N2CCOCC2)c1)N1[C@H]2CC[C@H]1CC(Cc1ccc3ccncc3c1)C2. The van der Waals surface area contributed by atoms with E-state index in [1.54, 1.807) is 6.20 Å². The lowest BCUT2D eigenvalue weighted by atomic mass is 9.85. The van der Waals surface area contributed by atoms with Crippen LogP contribution in [0.3, 0.4) is 0 Å². The van der Waals surface area contributed by atoms with E-state index in [-0.39, 0.29) is 5.91 Å². The van der Waals surface area contributed by atoms with E-state index in [0.717, 1.165) is 56.6 Å². The second kappa shape index (κ2) is 8.75. The number of hydrogen-bond donors (Lipinski definition) is 0. The second-order valence-corrected chi connectivity index (χ2v) is 9.70. The predicted molar refractivity (Wildman–Crippen MR) is 128 cm³/mol. The Bertz CT molecular complexity index is 1150. The van der Waals surface area contributed by atoms with E-state index in [1.807, 2.05) is 24.5 Å². The lowest BCUT2D eigenvalue weighted by Crippen LogP contribution is -2.47. The largest absolute Gasteiger partial charge is 0.378 e. The van der Waals surface area contributed by atoms with Crippen molar-refractivity contribution in [3.63, 3.8) is 0 Å². The van der Waals surface area contributed by atoms with Crippen molar-refractivity contribution in [2.75, 3.05) is 31.2 Å². The van der Waals surface area contributed by atoms with Crippen LogP contribution in [-0.4, -0.2) is 59.2 Å². The van der Waals surface area contributed by atoms with E-state index in [1.165, 1.54) is 16.3 Å². The number of fused-ring (bicyclic) bond motifs is 3. The Hall–Kier alpha value is -2.99. The molecule has 0 unspecified atom stereocenters. The van der Waals surface area contributed by atoms with Crippen molar-refractivity contribution >= 4 is 22.5 Å². The summed E-state index contributed by atoms with van der Waals surface area (Å²) in [7, 11) is 0. The zero-order chi connectivity index (χ0) is 22.2. The van der Waals surface area contributed by atoms with E-state index in [4.69, 9.17) is 4.74 Å². The molecule has 170 valence electrons. The molecule has 5 heterocycles. The van der Waals surface area contributed by atoms with E-state index >= 15 is 0 Å². The van der Waals surface area contributed by atoms with Crippen LogP contribution >= 0.6 is 0 Å². The van der Waals surface area contributed by atoms with Gasteiger partial charge in [-0.15, -0.1) is 0 Å². The molecule has 0 saturated carbocycles. The van der Waals surface area contributed by atoms with Gasteiger partial charge in [0.2, 0.25) is 0 Å². The first kappa shape index (κ1) is 20.6. The fourth-order valence-corrected chi connectivity index (χ4v) is 6.05. The van der Waals surface area contributed by atoms with Crippen molar-refractivity contribution in [2.24, 2.45) is 5.92 Å². The lowest BCUT2D eigenvalue weighted by Gasteiger charge is -2.39. The van der Waals surface area contributed by atoms with Gasteiger partial charge >= 0.3 is 0 Å². The van der Waals surface area contributed by atoms with Crippen LogP contribution in [0, 0.1) is 5.92 Å². The Morgan fingerprint density at radius 3 is 2.61 bits per heavy atom. The Morgan fingerprint density at radius 1 is 0.970 bits per heavy atom. The van der Waals surface area contributed by atoms with Crippen LogP contribution in [0.25, 0.3) is 10.8 Å². The number of piperidine rings is 1. The molecule has 0 spiro atoms. The van der Waals surface area contributed by atoms with Gasteiger partial charge in [0, 0.05) is 54.7 Å². The number of ether oxygens (including phenoxy) is 1. The van der Waals surface area contributed by atoms with Crippen LogP contribution in [0.4, 0.5) is 5.82 Å². The molecule has 0 radical (unpaired) electrons. The molecule has 1 amide bonds. The van der Waals surface area contributed by atoms with E-state index in [2.05, 4.69) is 44.0 Å². The molecule has 0 N–H and O–H groups in total. The maximum absolute atomic E-state index is 13.6. The van der Waals surface area contributed by atoms with Gasteiger partial charge in [-0.25, -0.2) is 4.98 Å². The van der Waals surface area contributed by atoms with Crippen molar-refractivity contribution < 1.29 is 9.53 Å². The summed E-state index contributed by atoms with van der Waals surface area (Å²) < 4.78 is 5.46. The van der Waals surface area contributed by atoms with Gasteiger partial charge < -0.3 is 14.5 Å². The van der Waals surface area contributed by atoms with Crippen LogP contribution < -0.4 is 4.90 Å². The minimum absolute atomic E-state index is 0.176. The first-order chi connectivity index (χ1) is 16.2. The second-order valence-electron chi connectivity index (χ2n) is 9.70. The average molecular weight is 443 g/mol. The molecule has 0 aliphatic carbocycles. The molecule has 2 bridgehead atoms. The summed E-state index contributed by atoms with van der Waals surface area (Å²) in [6.45, 7) is 3.08. The van der Waals surface area contributed by atoms with Crippen LogP contribution in [0.5, 0.6) is 0 Å². The molecule has 33 heavy (non-hydrogen) atoms. The number of carbonyl (C=O) groups is 1. The van der Waals surface area contributed by atoms with Gasteiger partial charge in [-0.3, -0.25) is 9.78 Å². The van der Waals surface area contributed by atoms with Gasteiger partial charge in [0.15, 0.2) is 0 Å². The van der Waals surface area contributed by atoms with E-state index < -0.39 is 0 Å². The number of anilines is 1. The molecule has 6 nitrogen and oxygen atoms in total. The number of rotatable bonds is 4. The molecule has 3 fully saturated rings. The highest BCUT2D eigenvalue weighted by atomic mass is 16.5. The van der Waals surface area contributed by atoms with E-state index in [9.17, 15) is 4.79 Å². The molecule has 3 aromatic rings. The predicted octanol–water partition coefficient (Wildman–Crippen LogP) is 4.09. The monoisotopic (exact) mass is 442 g/mol. The highest BCUT2D eigenvalue weighted by Crippen LogP contribution is 2.41. The maximum Gasteiger partial charge on any atom is 0.254 e. The van der Waals surface area contributed by atoms with Gasteiger partial charge in [0.05, 0.1) is 13.2 Å². The van der Waals surface area contributed by atoms with Gasteiger partial charge in [-0.05, 0) is 73.2 Å². The van der Waals surface area contributed by atoms with Crippen molar-refractivity contribution in [3.8, 4) is 0 Å². The number of aromatic nitrogens is 2. The average Bonchev–Trinajstić information content (AvgIpc) is 3.14. The van der Waals surface area contributed by atoms with Gasteiger partial charge in [0.25, 0.3) is 5.91 Å². The first-order valence-corrected chi connectivity index (χ1v) is 12.2. The Labute approximate surface area is 194 Å². The highest BCUT2D eigenvalue weighted by Gasteiger charge is 2.43. The molecular formula is C27H30N4O2. The Balaban J connectivity index is 1.15. The molecule has 3 aliphatic heterocycles. The quantitative estimate of drug-likeness (QED) is 0.609. The summed E-state index contributed by atoms with van der Waals surface area (Å²) >= 11 is 0. The molecule has 6 heteroatoms. The zero-order valence-electron chi connectivity index (χ0n) is 18.9. The Morgan fingerprint density at radius 2 is 1.79 bits per heavy atom. The number of morpholine rings is 1. The van der Waals surface area contributed by atoms with Crippen molar-refractivity contribution in [3.05, 3.63) is 66.1 Å². The minimum Gasteiger partial charge on any atom is -0.378 e. The maximum atomic E-state index is 13.6. The van der Waals surface area contributed by atoms with Crippen molar-refractivity contribution in [1.29, 1.82) is 0 Å². The number of nitrogens with zero attached hydrogens (tertiary/aromatic N) is 4. The summed E-state index contributed by atoms with van der Waals surface area (Å²) in [5, 5.41) is 2.45. The summed E-state index contributed by atoms with van der Waals surface area (Å²) in [6, 6.07) is 13.4. The van der Waals surface area contributed by atoms with Crippen molar-refractivity contribution in [1.82, 2.24) is 14.9 Å². The number of hydrogen-bond acceptors (Lipinski definition) is 5.